The molecule has 0 aliphatic carbocycles. The van der Waals surface area contributed by atoms with Crippen molar-refractivity contribution in [3.8, 4) is 0 Å². The van der Waals surface area contributed by atoms with E-state index in [2.05, 4.69) is 36.2 Å². The molecule has 0 saturated carbocycles. The predicted molar refractivity (Wildman–Crippen MR) is 89.1 cm³/mol. The van der Waals surface area contributed by atoms with Crippen LogP contribution in [0.2, 0.25) is 0 Å². The van der Waals surface area contributed by atoms with E-state index in [1.54, 1.807) is 0 Å². The van der Waals surface area contributed by atoms with Gasteiger partial charge in [0.1, 0.15) is 0 Å². The third-order valence-electron chi connectivity index (χ3n) is 3.74. The molecular formula is C16H33N3O3. The van der Waals surface area contributed by atoms with Gasteiger partial charge in [-0.25, -0.2) is 0 Å². The second-order valence-corrected chi connectivity index (χ2v) is 5.93. The molecule has 130 valence electrons. The van der Waals surface area contributed by atoms with Gasteiger partial charge in [0.05, 0.1) is 6.67 Å². The van der Waals surface area contributed by atoms with Crippen LogP contribution in [-0.2, 0) is 0 Å². The van der Waals surface area contributed by atoms with Crippen LogP contribution >= 0.6 is 0 Å². The van der Waals surface area contributed by atoms with Gasteiger partial charge in [-0.3, -0.25) is 0 Å². The Kier molecular flexibility index (Phi) is 13.5. The molecule has 0 fully saturated rings. The van der Waals surface area contributed by atoms with Crippen LogP contribution in [-0.4, -0.2) is 40.4 Å². The van der Waals surface area contributed by atoms with Crippen LogP contribution in [0.1, 0.15) is 71.1 Å². The van der Waals surface area contributed by atoms with E-state index in [0.717, 1.165) is 6.67 Å². The van der Waals surface area contributed by atoms with E-state index < -0.39 is 5.09 Å². The molecule has 1 aliphatic heterocycles. The van der Waals surface area contributed by atoms with Gasteiger partial charge >= 0.3 is 0 Å². The van der Waals surface area contributed by atoms with Gasteiger partial charge in [0.25, 0.3) is 5.09 Å². The lowest BCUT2D eigenvalue weighted by molar-refractivity contribution is -0.742. The van der Waals surface area contributed by atoms with Crippen molar-refractivity contribution in [3.05, 3.63) is 22.5 Å². The average molecular weight is 315 g/mol. The fourth-order valence-corrected chi connectivity index (χ4v) is 2.54. The summed E-state index contributed by atoms with van der Waals surface area (Å²) in [6.07, 6.45) is 18.6. The van der Waals surface area contributed by atoms with Crippen molar-refractivity contribution in [2.75, 3.05) is 20.3 Å². The monoisotopic (exact) mass is 315 g/mol. The summed E-state index contributed by atoms with van der Waals surface area (Å²) in [5.41, 5.74) is 0. The van der Waals surface area contributed by atoms with Gasteiger partial charge in [-0.1, -0.05) is 64.7 Å². The first-order chi connectivity index (χ1) is 10.6. The normalized spacial score (nSPS) is 13.2. The predicted octanol–water partition coefficient (Wildman–Crippen LogP) is 4.24. The number of rotatable bonds is 11. The molecule has 1 aliphatic rings. The molecular weight excluding hydrogens is 282 g/mol. The van der Waals surface area contributed by atoms with Crippen LogP contribution in [0.15, 0.2) is 12.4 Å². The molecule has 22 heavy (non-hydrogen) atoms. The lowest BCUT2D eigenvalue weighted by Crippen LogP contribution is -2.23. The minimum Gasteiger partial charge on any atom is -0.362 e. The van der Waals surface area contributed by atoms with Crippen molar-refractivity contribution in [2.45, 2.75) is 71.1 Å². The number of hydrogen-bond acceptors (Lipinski definition) is 4. The molecule has 6 nitrogen and oxygen atoms in total. The molecule has 6 heteroatoms. The third-order valence-corrected chi connectivity index (χ3v) is 3.74. The van der Waals surface area contributed by atoms with E-state index in [4.69, 9.17) is 15.3 Å². The van der Waals surface area contributed by atoms with Crippen molar-refractivity contribution in [1.82, 2.24) is 9.80 Å². The van der Waals surface area contributed by atoms with E-state index >= 15 is 0 Å². The number of nitrogens with zero attached hydrogens (tertiary/aromatic N) is 3. The Balaban J connectivity index is 0.000000980. The summed E-state index contributed by atoms with van der Waals surface area (Å²) < 4.78 is 0. The summed E-state index contributed by atoms with van der Waals surface area (Å²) in [5.74, 6) is 0. The Morgan fingerprint density at radius 3 is 1.86 bits per heavy atom. The van der Waals surface area contributed by atoms with Gasteiger partial charge in [-0.15, -0.1) is 10.1 Å². The van der Waals surface area contributed by atoms with Gasteiger partial charge in [-0.05, 0) is 6.42 Å². The smallest absolute Gasteiger partial charge is 0.291 e. The molecule has 1 N–H and O–H groups in total. The molecule has 0 bridgehead atoms. The topological polar surface area (TPSA) is 69.9 Å². The second-order valence-electron chi connectivity index (χ2n) is 5.93. The van der Waals surface area contributed by atoms with Crippen molar-refractivity contribution in [2.24, 2.45) is 0 Å². The Bertz CT molecular complexity index is 294. The van der Waals surface area contributed by atoms with Gasteiger partial charge in [0.15, 0.2) is 0 Å². The minimum absolute atomic E-state index is 1.08. The highest BCUT2D eigenvalue weighted by Gasteiger charge is 2.06. The fraction of sp³-hybridized carbons (Fsp3) is 0.875. The van der Waals surface area contributed by atoms with Gasteiger partial charge < -0.3 is 15.0 Å². The molecule has 1 heterocycles. The maximum Gasteiger partial charge on any atom is 0.291 e. The molecule has 0 aromatic rings. The van der Waals surface area contributed by atoms with Crippen LogP contribution in [0.25, 0.3) is 0 Å². The molecule has 0 radical (unpaired) electrons. The molecule has 0 aromatic heterocycles. The molecule has 0 amide bonds. The number of unbranched alkanes of at least 4 members (excludes halogenated alkanes) is 9. The highest BCUT2D eigenvalue weighted by molar-refractivity contribution is 4.88. The largest absolute Gasteiger partial charge is 0.362 e. The van der Waals surface area contributed by atoms with E-state index in [0.29, 0.717) is 0 Å². The molecule has 0 unspecified atom stereocenters. The summed E-state index contributed by atoms with van der Waals surface area (Å²) in [4.78, 5) is 13.0. The minimum atomic E-state index is -1.50. The lowest BCUT2D eigenvalue weighted by Gasteiger charge is -2.17. The maximum absolute atomic E-state index is 8.36. The summed E-state index contributed by atoms with van der Waals surface area (Å²) in [7, 11) is 2.13. The van der Waals surface area contributed by atoms with Crippen LogP contribution in [0.5, 0.6) is 0 Å². The third kappa shape index (κ3) is 14.9. The highest BCUT2D eigenvalue weighted by atomic mass is 16.9. The van der Waals surface area contributed by atoms with E-state index in [-0.39, 0.29) is 0 Å². The Labute approximate surface area is 134 Å². The van der Waals surface area contributed by atoms with Gasteiger partial charge in [-0.2, -0.15) is 0 Å². The Hall–Kier alpha value is -1.46. The lowest BCUT2D eigenvalue weighted by atomic mass is 10.1. The summed E-state index contributed by atoms with van der Waals surface area (Å²) in [6.45, 7) is 4.60. The van der Waals surface area contributed by atoms with Crippen molar-refractivity contribution in [1.29, 1.82) is 0 Å². The molecule has 1 rings (SSSR count). The van der Waals surface area contributed by atoms with Crippen LogP contribution in [0.3, 0.4) is 0 Å². The van der Waals surface area contributed by atoms with E-state index in [9.17, 15) is 0 Å². The summed E-state index contributed by atoms with van der Waals surface area (Å²) >= 11 is 0. The van der Waals surface area contributed by atoms with Crippen molar-refractivity contribution in [3.63, 3.8) is 0 Å². The maximum atomic E-state index is 8.36. The molecule has 0 spiro atoms. The van der Waals surface area contributed by atoms with Gasteiger partial charge in [0, 0.05) is 26.0 Å². The number of hydrogen-bond donors (Lipinski definition) is 1. The van der Waals surface area contributed by atoms with Crippen LogP contribution < -0.4 is 0 Å². The van der Waals surface area contributed by atoms with Crippen molar-refractivity contribution >= 4 is 0 Å². The SMILES string of the molecule is CCCCCCCCCCCCN1C=CN(C)C1.O=[N+]([O-])O. The Morgan fingerprint density at radius 1 is 1.00 bits per heavy atom. The van der Waals surface area contributed by atoms with Gasteiger partial charge in [0.2, 0.25) is 0 Å². The first-order valence-corrected chi connectivity index (χ1v) is 8.52. The molecule has 0 aromatic carbocycles. The van der Waals surface area contributed by atoms with Crippen LogP contribution in [0, 0.1) is 10.1 Å². The van der Waals surface area contributed by atoms with E-state index in [1.807, 2.05) is 0 Å². The molecule has 0 atom stereocenters. The average Bonchev–Trinajstić information content (AvgIpc) is 2.86. The fourth-order valence-electron chi connectivity index (χ4n) is 2.54. The first kappa shape index (κ1) is 20.5. The standard InChI is InChI=1S/C16H32N2.HNO3/c1-3-4-5-6-7-8-9-10-11-12-13-18-15-14-17(2)16-18;2-1(3)4/h14-15H,3-13,16H2,1-2H3;(H,2,3,4). The summed E-state index contributed by atoms with van der Waals surface area (Å²) in [5, 5.41) is 13.6. The zero-order valence-electron chi connectivity index (χ0n) is 14.2. The molecule has 0 saturated heterocycles. The quantitative estimate of drug-likeness (QED) is 0.351. The Morgan fingerprint density at radius 2 is 1.45 bits per heavy atom. The highest BCUT2D eigenvalue weighted by Crippen LogP contribution is 2.11. The first-order valence-electron chi connectivity index (χ1n) is 8.52. The zero-order chi connectivity index (χ0) is 16.6. The van der Waals surface area contributed by atoms with Crippen LogP contribution in [0.4, 0.5) is 0 Å². The second kappa shape index (κ2) is 14.5. The summed E-state index contributed by atoms with van der Waals surface area (Å²) in [6, 6.07) is 0. The van der Waals surface area contributed by atoms with Crippen molar-refractivity contribution < 1.29 is 10.3 Å². The van der Waals surface area contributed by atoms with E-state index in [1.165, 1.54) is 70.8 Å². The zero-order valence-corrected chi connectivity index (χ0v) is 14.2.